The van der Waals surface area contributed by atoms with Crippen molar-refractivity contribution in [3.63, 3.8) is 0 Å². The lowest BCUT2D eigenvalue weighted by Gasteiger charge is -2.55. The molecule has 1 fully saturated rings. The number of aliphatic hydroxyl groups is 1. The fraction of sp³-hybridized carbons (Fsp3) is 0.545. The van der Waals surface area contributed by atoms with Crippen LogP contribution >= 0.6 is 0 Å². The first-order valence-electron chi connectivity index (χ1n) is 9.88. The quantitative estimate of drug-likeness (QED) is 0.739. The molecule has 1 aromatic rings. The second-order valence-corrected chi connectivity index (χ2v) is 7.61. The van der Waals surface area contributed by atoms with Gasteiger partial charge >= 0.3 is 0 Å². The Bertz CT molecular complexity index is 699. The summed E-state index contributed by atoms with van der Waals surface area (Å²) in [5, 5.41) is 9.92. The van der Waals surface area contributed by atoms with Gasteiger partial charge in [0.25, 0.3) is 0 Å². The fourth-order valence-corrected chi connectivity index (χ4v) is 4.09. The van der Waals surface area contributed by atoms with Crippen LogP contribution in [-0.2, 0) is 9.59 Å². The Hall–Kier alpha value is -2.18. The highest BCUT2D eigenvalue weighted by atomic mass is 16.3. The predicted octanol–water partition coefficient (Wildman–Crippen LogP) is 1.80. The number of hydrogen-bond acceptors (Lipinski definition) is 4. The zero-order chi connectivity index (χ0) is 20.8. The van der Waals surface area contributed by atoms with Gasteiger partial charge in [0, 0.05) is 25.9 Å². The summed E-state index contributed by atoms with van der Waals surface area (Å²) >= 11 is 0. The molecule has 0 aliphatic carbocycles. The Labute approximate surface area is 168 Å². The van der Waals surface area contributed by atoms with E-state index in [4.69, 9.17) is 0 Å². The van der Waals surface area contributed by atoms with Gasteiger partial charge in [0.05, 0.1) is 25.2 Å². The summed E-state index contributed by atoms with van der Waals surface area (Å²) in [6.45, 7) is 6.77. The molecule has 3 atom stereocenters. The Morgan fingerprint density at radius 1 is 1.18 bits per heavy atom. The molecule has 28 heavy (non-hydrogen) atoms. The van der Waals surface area contributed by atoms with Crippen molar-refractivity contribution in [1.82, 2.24) is 14.7 Å². The summed E-state index contributed by atoms with van der Waals surface area (Å²) in [5.41, 5.74) is 2.20. The van der Waals surface area contributed by atoms with Crippen molar-refractivity contribution in [2.24, 2.45) is 0 Å². The second-order valence-electron chi connectivity index (χ2n) is 7.61. The molecule has 2 rings (SSSR count). The highest BCUT2D eigenvalue weighted by Gasteiger charge is 2.50. The summed E-state index contributed by atoms with van der Waals surface area (Å²) in [6.07, 6.45) is 4.02. The van der Waals surface area contributed by atoms with Crippen molar-refractivity contribution in [1.29, 1.82) is 0 Å². The van der Waals surface area contributed by atoms with E-state index in [1.807, 2.05) is 57.1 Å². The lowest BCUT2D eigenvalue weighted by Crippen LogP contribution is -2.68. The van der Waals surface area contributed by atoms with Gasteiger partial charge in [0.2, 0.25) is 11.8 Å². The number of nitrogens with zero attached hydrogens (tertiary/aromatic N) is 3. The monoisotopic (exact) mass is 387 g/mol. The maximum atomic E-state index is 12.6. The van der Waals surface area contributed by atoms with Gasteiger partial charge in [-0.25, -0.2) is 0 Å². The first-order valence-corrected chi connectivity index (χ1v) is 9.88. The number of allylic oxidation sites excluding steroid dienone is 1. The summed E-state index contributed by atoms with van der Waals surface area (Å²) in [6, 6.07) is 7.83. The van der Waals surface area contributed by atoms with Crippen molar-refractivity contribution in [2.75, 3.05) is 40.3 Å². The molecule has 0 radical (unpaired) electrons. The lowest BCUT2D eigenvalue weighted by molar-refractivity contribution is -0.152. The van der Waals surface area contributed by atoms with Crippen LogP contribution in [0, 0.1) is 0 Å². The molecule has 0 saturated carbocycles. The summed E-state index contributed by atoms with van der Waals surface area (Å²) < 4.78 is 0. The van der Waals surface area contributed by atoms with Crippen molar-refractivity contribution in [2.45, 2.75) is 38.8 Å². The van der Waals surface area contributed by atoms with E-state index >= 15 is 0 Å². The average Bonchev–Trinajstić information content (AvgIpc) is 2.62. The number of hydrogen-bond donors (Lipinski definition) is 1. The summed E-state index contributed by atoms with van der Waals surface area (Å²) in [4.78, 5) is 30.2. The standard InChI is InChI=1S/C22H33N3O3/c1-6-8-17-9-11-18(12-10-17)22-19(25(16(3)27)20(22)15-26)13-24(7-2)21(28)14-23(4)5/h6,8-12,19-20,22,26H,7,13-15H2,1-5H3/b8-6+/t19-,20-,22-/m0/s1. The number of aliphatic hydroxyl groups excluding tert-OH is 1. The third kappa shape index (κ3) is 4.80. The molecule has 0 spiro atoms. The SMILES string of the molecule is C/C=C/c1ccc([C@@H]2[C@H](CO)N(C(C)=O)[C@H]2CN(CC)C(=O)CN(C)C)cc1. The third-order valence-electron chi connectivity index (χ3n) is 5.37. The number of amides is 2. The van der Waals surface area contributed by atoms with Gasteiger partial charge in [0.15, 0.2) is 0 Å². The molecule has 1 aromatic carbocycles. The first kappa shape index (κ1) is 22.1. The van der Waals surface area contributed by atoms with Gasteiger partial charge in [-0.2, -0.15) is 0 Å². The van der Waals surface area contributed by atoms with Crippen molar-refractivity contribution in [3.8, 4) is 0 Å². The van der Waals surface area contributed by atoms with Crippen LogP contribution in [0.5, 0.6) is 0 Å². The van der Waals surface area contributed by atoms with E-state index in [9.17, 15) is 14.7 Å². The van der Waals surface area contributed by atoms with Crippen LogP contribution in [0.15, 0.2) is 30.3 Å². The van der Waals surface area contributed by atoms with Crippen LogP contribution in [-0.4, -0.2) is 84.0 Å². The van der Waals surface area contributed by atoms with E-state index < -0.39 is 0 Å². The molecule has 1 aliphatic heterocycles. The zero-order valence-corrected chi connectivity index (χ0v) is 17.6. The van der Waals surface area contributed by atoms with Gasteiger partial charge in [0.1, 0.15) is 0 Å². The highest BCUT2D eigenvalue weighted by Crippen LogP contribution is 2.41. The molecular weight excluding hydrogens is 354 g/mol. The van der Waals surface area contributed by atoms with Gasteiger partial charge in [-0.05, 0) is 39.1 Å². The molecule has 1 saturated heterocycles. The number of benzene rings is 1. The van der Waals surface area contributed by atoms with Crippen LogP contribution in [0.1, 0.15) is 37.8 Å². The summed E-state index contributed by atoms with van der Waals surface area (Å²) in [7, 11) is 3.74. The van der Waals surface area contributed by atoms with E-state index in [2.05, 4.69) is 12.1 Å². The van der Waals surface area contributed by atoms with E-state index in [0.29, 0.717) is 19.6 Å². The molecule has 1 heterocycles. The second kappa shape index (κ2) is 9.85. The summed E-state index contributed by atoms with van der Waals surface area (Å²) in [5.74, 6) is -0.0117. The minimum absolute atomic E-state index is 0.00904. The van der Waals surface area contributed by atoms with Crippen LogP contribution in [0.25, 0.3) is 6.08 Å². The topological polar surface area (TPSA) is 64.1 Å². The van der Waals surface area contributed by atoms with E-state index in [0.717, 1.165) is 11.1 Å². The van der Waals surface area contributed by atoms with Crippen LogP contribution in [0.2, 0.25) is 0 Å². The smallest absolute Gasteiger partial charge is 0.236 e. The molecule has 1 N–H and O–H groups in total. The zero-order valence-electron chi connectivity index (χ0n) is 17.6. The number of carbonyl (C=O) groups excluding carboxylic acids is 2. The number of likely N-dealkylation sites (N-methyl/N-ethyl adjacent to an activating group) is 2. The minimum atomic E-state index is -0.252. The maximum Gasteiger partial charge on any atom is 0.236 e. The Morgan fingerprint density at radius 2 is 1.82 bits per heavy atom. The number of carbonyl (C=O) groups is 2. The number of likely N-dealkylation sites (tertiary alicyclic amines) is 1. The maximum absolute atomic E-state index is 12.6. The molecule has 0 unspecified atom stereocenters. The van der Waals surface area contributed by atoms with Crippen molar-refractivity contribution < 1.29 is 14.7 Å². The molecule has 6 heteroatoms. The van der Waals surface area contributed by atoms with Crippen molar-refractivity contribution in [3.05, 3.63) is 41.5 Å². The number of rotatable bonds is 8. The molecule has 6 nitrogen and oxygen atoms in total. The van der Waals surface area contributed by atoms with Gasteiger partial charge < -0.3 is 19.8 Å². The van der Waals surface area contributed by atoms with Crippen molar-refractivity contribution >= 4 is 17.9 Å². The van der Waals surface area contributed by atoms with E-state index in [1.165, 1.54) is 6.92 Å². The van der Waals surface area contributed by atoms with Crippen LogP contribution < -0.4 is 0 Å². The van der Waals surface area contributed by atoms with Gasteiger partial charge in [-0.3, -0.25) is 9.59 Å². The third-order valence-corrected chi connectivity index (χ3v) is 5.37. The lowest BCUT2D eigenvalue weighted by atomic mass is 9.74. The fourth-order valence-electron chi connectivity index (χ4n) is 4.09. The highest BCUT2D eigenvalue weighted by molar-refractivity contribution is 5.79. The molecule has 154 valence electrons. The van der Waals surface area contributed by atoms with Crippen LogP contribution in [0.3, 0.4) is 0 Å². The molecule has 2 amide bonds. The normalized spacial score (nSPS) is 21.8. The molecule has 0 bridgehead atoms. The van der Waals surface area contributed by atoms with Crippen LogP contribution in [0.4, 0.5) is 0 Å². The largest absolute Gasteiger partial charge is 0.394 e. The molecular formula is C22H33N3O3. The molecule has 1 aliphatic rings. The minimum Gasteiger partial charge on any atom is -0.394 e. The molecule has 0 aromatic heterocycles. The predicted molar refractivity (Wildman–Crippen MR) is 112 cm³/mol. The Balaban J connectivity index is 2.27. The van der Waals surface area contributed by atoms with Gasteiger partial charge in [-0.15, -0.1) is 0 Å². The van der Waals surface area contributed by atoms with Gasteiger partial charge in [-0.1, -0.05) is 36.4 Å². The first-order chi connectivity index (χ1) is 13.3. The Kier molecular flexibility index (Phi) is 7.78. The van der Waals surface area contributed by atoms with E-state index in [-0.39, 0.29) is 36.4 Å². The average molecular weight is 388 g/mol. The Morgan fingerprint density at radius 3 is 2.29 bits per heavy atom. The van der Waals surface area contributed by atoms with E-state index in [1.54, 1.807) is 9.80 Å².